The van der Waals surface area contributed by atoms with E-state index in [0.29, 0.717) is 18.0 Å². The predicted octanol–water partition coefficient (Wildman–Crippen LogP) is 3.60. The van der Waals surface area contributed by atoms with Crippen LogP contribution >= 0.6 is 0 Å². The zero-order valence-corrected chi connectivity index (χ0v) is 13.9. The fourth-order valence-corrected chi connectivity index (χ4v) is 3.44. The summed E-state index contributed by atoms with van der Waals surface area (Å²) >= 11 is 0. The number of nitrogens with one attached hydrogen (secondary N) is 1. The molecule has 4 heteroatoms. The Kier molecular flexibility index (Phi) is 5.16. The summed E-state index contributed by atoms with van der Waals surface area (Å²) in [6.45, 7) is 1.58. The van der Waals surface area contributed by atoms with E-state index in [2.05, 4.69) is 17.4 Å². The molecular weight excluding hydrogens is 302 g/mol. The van der Waals surface area contributed by atoms with Gasteiger partial charge in [0.25, 0.3) is 0 Å². The Morgan fingerprint density at radius 2 is 2.17 bits per heavy atom. The van der Waals surface area contributed by atoms with Crippen LogP contribution in [-0.4, -0.2) is 24.7 Å². The van der Waals surface area contributed by atoms with Crippen molar-refractivity contribution in [3.05, 3.63) is 64.7 Å². The summed E-state index contributed by atoms with van der Waals surface area (Å²) < 4.78 is 5.32. The molecule has 0 spiro atoms. The smallest absolute Gasteiger partial charge is 0.335 e. The average Bonchev–Trinajstić information content (AvgIpc) is 2.61. The first kappa shape index (κ1) is 16.5. The van der Waals surface area contributed by atoms with Gasteiger partial charge in [0, 0.05) is 13.1 Å². The number of aryl methyl sites for hydroxylation is 1. The first-order valence-corrected chi connectivity index (χ1v) is 8.37. The van der Waals surface area contributed by atoms with Gasteiger partial charge in [-0.15, -0.1) is 0 Å². The van der Waals surface area contributed by atoms with Crippen molar-refractivity contribution in [1.29, 1.82) is 0 Å². The number of rotatable bonds is 6. The third-order valence-electron chi connectivity index (χ3n) is 4.68. The molecule has 3 rings (SSSR count). The number of carboxylic acid groups (broad SMARTS) is 1. The van der Waals surface area contributed by atoms with E-state index in [4.69, 9.17) is 9.84 Å². The van der Waals surface area contributed by atoms with Crippen LogP contribution < -0.4 is 10.1 Å². The molecule has 0 radical (unpaired) electrons. The van der Waals surface area contributed by atoms with Crippen LogP contribution in [0.2, 0.25) is 0 Å². The van der Waals surface area contributed by atoms with E-state index in [1.807, 2.05) is 12.1 Å². The highest BCUT2D eigenvalue weighted by atomic mass is 16.5. The fraction of sp³-hybridized carbons (Fsp3) is 0.350. The van der Waals surface area contributed by atoms with Gasteiger partial charge in [-0.2, -0.15) is 0 Å². The maximum atomic E-state index is 11.0. The maximum absolute atomic E-state index is 11.0. The molecular formula is C20H23NO3. The molecule has 0 saturated carbocycles. The van der Waals surface area contributed by atoms with Crippen molar-refractivity contribution < 1.29 is 14.6 Å². The molecule has 0 aromatic heterocycles. The molecule has 0 bridgehead atoms. The quantitative estimate of drug-likeness (QED) is 0.852. The third kappa shape index (κ3) is 3.77. The summed E-state index contributed by atoms with van der Waals surface area (Å²) in [7, 11) is 1.70. The molecule has 2 aromatic carbocycles. The molecule has 1 atom stereocenters. The number of carboxylic acids is 1. The number of fused-ring (bicyclic) bond motifs is 1. The Labute approximate surface area is 142 Å². The van der Waals surface area contributed by atoms with Crippen molar-refractivity contribution in [2.45, 2.75) is 31.7 Å². The third-order valence-corrected chi connectivity index (χ3v) is 4.68. The molecule has 1 aliphatic rings. The van der Waals surface area contributed by atoms with Crippen LogP contribution in [0.1, 0.15) is 45.8 Å². The lowest BCUT2D eigenvalue weighted by molar-refractivity contribution is 0.0696. The minimum absolute atomic E-state index is 0.337. The molecule has 2 aromatic rings. The number of methoxy groups -OCH3 is 1. The van der Waals surface area contributed by atoms with Crippen molar-refractivity contribution in [3.8, 4) is 5.75 Å². The fourth-order valence-electron chi connectivity index (χ4n) is 3.44. The van der Waals surface area contributed by atoms with Gasteiger partial charge in [-0.25, -0.2) is 4.79 Å². The van der Waals surface area contributed by atoms with Crippen molar-refractivity contribution >= 4 is 5.97 Å². The normalized spacial score (nSPS) is 16.5. The number of ether oxygens (including phenoxy) is 1. The summed E-state index contributed by atoms with van der Waals surface area (Å²) in [4.78, 5) is 11.0. The van der Waals surface area contributed by atoms with Crippen LogP contribution in [0.15, 0.2) is 42.5 Å². The van der Waals surface area contributed by atoms with E-state index in [1.165, 1.54) is 24.0 Å². The first-order chi connectivity index (χ1) is 11.7. The second-order valence-electron chi connectivity index (χ2n) is 6.29. The van der Waals surface area contributed by atoms with E-state index in [-0.39, 0.29) is 0 Å². The minimum atomic E-state index is -0.882. The highest BCUT2D eigenvalue weighted by molar-refractivity contribution is 5.87. The molecule has 4 nitrogen and oxygen atoms in total. The van der Waals surface area contributed by atoms with Gasteiger partial charge in [-0.05, 0) is 66.1 Å². The monoisotopic (exact) mass is 325 g/mol. The van der Waals surface area contributed by atoms with Crippen molar-refractivity contribution in [1.82, 2.24) is 5.32 Å². The highest BCUT2D eigenvalue weighted by Crippen LogP contribution is 2.33. The Morgan fingerprint density at radius 3 is 2.96 bits per heavy atom. The number of aromatic carboxylic acids is 1. The summed E-state index contributed by atoms with van der Waals surface area (Å²) in [6, 6.07) is 13.5. The molecule has 126 valence electrons. The van der Waals surface area contributed by atoms with Crippen LogP contribution in [-0.2, 0) is 13.0 Å². The molecule has 0 heterocycles. The summed E-state index contributed by atoms with van der Waals surface area (Å²) in [5.41, 5.74) is 4.14. The van der Waals surface area contributed by atoms with Crippen molar-refractivity contribution in [2.24, 2.45) is 0 Å². The van der Waals surface area contributed by atoms with Gasteiger partial charge in [-0.3, -0.25) is 0 Å². The van der Waals surface area contributed by atoms with Crippen LogP contribution in [0.5, 0.6) is 5.75 Å². The van der Waals surface area contributed by atoms with E-state index < -0.39 is 5.97 Å². The number of hydrogen-bond acceptors (Lipinski definition) is 3. The second kappa shape index (κ2) is 7.49. The average molecular weight is 325 g/mol. The van der Waals surface area contributed by atoms with Gasteiger partial charge in [0.1, 0.15) is 5.75 Å². The predicted molar refractivity (Wildman–Crippen MR) is 93.8 cm³/mol. The molecule has 1 unspecified atom stereocenters. The molecule has 0 amide bonds. The summed E-state index contributed by atoms with van der Waals surface area (Å²) in [6.07, 6.45) is 3.49. The van der Waals surface area contributed by atoms with Crippen LogP contribution in [0.25, 0.3) is 0 Å². The lowest BCUT2D eigenvalue weighted by Gasteiger charge is -2.26. The van der Waals surface area contributed by atoms with Crippen LogP contribution in [0, 0.1) is 0 Å². The number of hydrogen-bond donors (Lipinski definition) is 2. The molecule has 0 fully saturated rings. The van der Waals surface area contributed by atoms with Crippen LogP contribution in [0.3, 0.4) is 0 Å². The Bertz CT molecular complexity index is 727. The molecule has 0 saturated heterocycles. The van der Waals surface area contributed by atoms with E-state index >= 15 is 0 Å². The van der Waals surface area contributed by atoms with E-state index in [0.717, 1.165) is 24.3 Å². The van der Waals surface area contributed by atoms with Gasteiger partial charge in [-0.1, -0.05) is 18.2 Å². The van der Waals surface area contributed by atoms with Gasteiger partial charge in [0.15, 0.2) is 0 Å². The van der Waals surface area contributed by atoms with Gasteiger partial charge in [0.05, 0.1) is 12.7 Å². The Morgan fingerprint density at radius 1 is 1.29 bits per heavy atom. The van der Waals surface area contributed by atoms with E-state index in [9.17, 15) is 4.79 Å². The zero-order valence-electron chi connectivity index (χ0n) is 13.9. The zero-order chi connectivity index (χ0) is 16.9. The lowest BCUT2D eigenvalue weighted by Crippen LogP contribution is -2.24. The Hall–Kier alpha value is -2.33. The number of carbonyl (C=O) groups is 1. The van der Waals surface area contributed by atoms with Gasteiger partial charge in [0.2, 0.25) is 0 Å². The first-order valence-electron chi connectivity index (χ1n) is 8.37. The van der Waals surface area contributed by atoms with E-state index in [1.54, 1.807) is 25.3 Å². The highest BCUT2D eigenvalue weighted by Gasteiger charge is 2.20. The molecule has 2 N–H and O–H groups in total. The topological polar surface area (TPSA) is 58.6 Å². The lowest BCUT2D eigenvalue weighted by atomic mass is 9.82. The SMILES string of the molecule is COc1ccc2c(c1)CCCC2CNCc1cccc(C(=O)O)c1. The van der Waals surface area contributed by atoms with Gasteiger partial charge < -0.3 is 15.2 Å². The van der Waals surface area contributed by atoms with Crippen molar-refractivity contribution in [3.63, 3.8) is 0 Å². The largest absolute Gasteiger partial charge is 0.497 e. The molecule has 24 heavy (non-hydrogen) atoms. The minimum Gasteiger partial charge on any atom is -0.497 e. The second-order valence-corrected chi connectivity index (χ2v) is 6.29. The van der Waals surface area contributed by atoms with Crippen molar-refractivity contribution in [2.75, 3.05) is 13.7 Å². The number of benzene rings is 2. The van der Waals surface area contributed by atoms with Crippen LogP contribution in [0.4, 0.5) is 0 Å². The maximum Gasteiger partial charge on any atom is 0.335 e. The molecule has 0 aliphatic heterocycles. The standard InChI is InChI=1S/C20H23NO3/c1-24-18-8-9-19-15(11-18)5-3-7-17(19)13-21-12-14-4-2-6-16(10-14)20(22)23/h2,4,6,8-11,17,21H,3,5,7,12-13H2,1H3,(H,22,23). The summed E-state index contributed by atoms with van der Waals surface area (Å²) in [5.74, 6) is 0.544. The Balaban J connectivity index is 1.62. The molecule has 1 aliphatic carbocycles. The van der Waals surface area contributed by atoms with Gasteiger partial charge >= 0.3 is 5.97 Å². The summed E-state index contributed by atoms with van der Waals surface area (Å²) in [5, 5.41) is 12.5.